The number of rotatable bonds is 5. The molecule has 1 aliphatic carbocycles. The Bertz CT molecular complexity index is 263. The summed E-state index contributed by atoms with van der Waals surface area (Å²) in [5.74, 6) is 0. The Labute approximate surface area is 127 Å². The van der Waals surface area contributed by atoms with Crippen molar-refractivity contribution < 1.29 is 0 Å². The molecule has 0 bridgehead atoms. The number of hydrogen-bond acceptors (Lipinski definition) is 4. The zero-order valence-corrected chi connectivity index (χ0v) is 15.0. The molecule has 4 heteroatoms. The molecular weight excluding hydrogens is 248 g/mol. The van der Waals surface area contributed by atoms with Gasteiger partial charge in [-0.25, -0.2) is 0 Å². The summed E-state index contributed by atoms with van der Waals surface area (Å²) in [4.78, 5) is 0. The summed E-state index contributed by atoms with van der Waals surface area (Å²) >= 11 is 0. The van der Waals surface area contributed by atoms with E-state index in [1.807, 2.05) is 0 Å². The standard InChI is InChI=1S/C16H34N2.2H3N/c1-12(2)17-11-16(7)9-14(18-13(3)4)8-15(5,6)10-16;;/h12-14,17-18H,8-11H2,1-7H3;2*1H3. The lowest BCUT2D eigenvalue weighted by Gasteiger charge is -2.48. The molecule has 1 saturated carbocycles. The average Bonchev–Trinajstić information content (AvgIpc) is 2.10. The SMILES string of the molecule is CC(C)NCC1(C)CC(NC(C)C)CC(C)(C)C1.N.N. The van der Waals surface area contributed by atoms with E-state index in [-0.39, 0.29) is 12.3 Å². The maximum atomic E-state index is 3.75. The van der Waals surface area contributed by atoms with Crippen molar-refractivity contribution in [3.63, 3.8) is 0 Å². The summed E-state index contributed by atoms with van der Waals surface area (Å²) in [7, 11) is 0. The highest BCUT2D eigenvalue weighted by atomic mass is 15.0. The Morgan fingerprint density at radius 1 is 0.950 bits per heavy atom. The Morgan fingerprint density at radius 3 is 1.95 bits per heavy atom. The zero-order valence-electron chi connectivity index (χ0n) is 15.0. The van der Waals surface area contributed by atoms with Gasteiger partial charge in [-0.1, -0.05) is 48.5 Å². The molecule has 1 aliphatic rings. The summed E-state index contributed by atoms with van der Waals surface area (Å²) in [5, 5.41) is 7.39. The van der Waals surface area contributed by atoms with Gasteiger partial charge in [-0.2, -0.15) is 0 Å². The van der Waals surface area contributed by atoms with Crippen LogP contribution in [0.4, 0.5) is 0 Å². The van der Waals surface area contributed by atoms with Gasteiger partial charge in [0.25, 0.3) is 0 Å². The van der Waals surface area contributed by atoms with Crippen molar-refractivity contribution >= 4 is 0 Å². The summed E-state index contributed by atoms with van der Waals surface area (Å²) in [5.41, 5.74) is 0.886. The molecule has 8 N–H and O–H groups in total. The van der Waals surface area contributed by atoms with Gasteiger partial charge in [0.15, 0.2) is 0 Å². The molecule has 20 heavy (non-hydrogen) atoms. The second-order valence-corrected chi connectivity index (χ2v) is 8.11. The lowest BCUT2D eigenvalue weighted by molar-refractivity contribution is 0.0661. The molecule has 0 aromatic rings. The molecule has 0 saturated heterocycles. The van der Waals surface area contributed by atoms with Gasteiger partial charge in [0.05, 0.1) is 0 Å². The largest absolute Gasteiger partial charge is 0.344 e. The molecule has 0 aromatic carbocycles. The highest BCUT2D eigenvalue weighted by Gasteiger charge is 2.41. The second-order valence-electron chi connectivity index (χ2n) is 8.11. The van der Waals surface area contributed by atoms with Crippen LogP contribution in [0.3, 0.4) is 0 Å². The van der Waals surface area contributed by atoms with E-state index in [1.165, 1.54) is 19.3 Å². The molecule has 4 nitrogen and oxygen atoms in total. The van der Waals surface area contributed by atoms with Gasteiger partial charge in [0.1, 0.15) is 0 Å². The van der Waals surface area contributed by atoms with Gasteiger partial charge in [0, 0.05) is 24.7 Å². The molecule has 0 heterocycles. The Morgan fingerprint density at radius 2 is 1.50 bits per heavy atom. The molecule has 0 aromatic heterocycles. The lowest BCUT2D eigenvalue weighted by atomic mass is 9.62. The smallest absolute Gasteiger partial charge is 0.00801 e. The van der Waals surface area contributed by atoms with Crippen molar-refractivity contribution in [2.75, 3.05) is 6.54 Å². The van der Waals surface area contributed by atoms with Crippen LogP contribution >= 0.6 is 0 Å². The van der Waals surface area contributed by atoms with Gasteiger partial charge in [-0.15, -0.1) is 0 Å². The third-order valence-electron chi connectivity index (χ3n) is 3.95. The quantitative estimate of drug-likeness (QED) is 0.617. The Hall–Kier alpha value is -0.160. The first-order valence-corrected chi connectivity index (χ1v) is 7.61. The first-order chi connectivity index (χ1) is 8.12. The summed E-state index contributed by atoms with van der Waals surface area (Å²) in [6, 6.07) is 1.85. The minimum absolute atomic E-state index is 0. The van der Waals surface area contributed by atoms with Crippen molar-refractivity contribution in [3.05, 3.63) is 0 Å². The summed E-state index contributed by atoms with van der Waals surface area (Å²) in [6.07, 6.45) is 3.94. The van der Waals surface area contributed by atoms with Crippen LogP contribution in [0.1, 0.15) is 67.7 Å². The van der Waals surface area contributed by atoms with Crippen molar-refractivity contribution in [2.24, 2.45) is 10.8 Å². The average molecular weight is 289 g/mol. The van der Waals surface area contributed by atoms with Crippen molar-refractivity contribution in [2.45, 2.75) is 85.9 Å². The molecular formula is C16H40N4. The van der Waals surface area contributed by atoms with Crippen LogP contribution in [0.25, 0.3) is 0 Å². The third-order valence-corrected chi connectivity index (χ3v) is 3.95. The monoisotopic (exact) mass is 288 g/mol. The maximum absolute atomic E-state index is 3.75. The van der Waals surface area contributed by atoms with E-state index in [9.17, 15) is 0 Å². The van der Waals surface area contributed by atoms with Crippen LogP contribution in [-0.2, 0) is 0 Å². The van der Waals surface area contributed by atoms with Gasteiger partial charge >= 0.3 is 0 Å². The van der Waals surface area contributed by atoms with Crippen LogP contribution in [0.5, 0.6) is 0 Å². The predicted molar refractivity (Wildman–Crippen MR) is 91.0 cm³/mol. The minimum Gasteiger partial charge on any atom is -0.344 e. The fourth-order valence-electron chi connectivity index (χ4n) is 3.81. The van der Waals surface area contributed by atoms with Gasteiger partial charge in [-0.3, -0.25) is 0 Å². The molecule has 1 fully saturated rings. The van der Waals surface area contributed by atoms with Crippen LogP contribution in [0.2, 0.25) is 0 Å². The molecule has 0 amide bonds. The molecule has 0 radical (unpaired) electrons. The number of nitrogens with one attached hydrogen (secondary N) is 2. The summed E-state index contributed by atoms with van der Waals surface area (Å²) < 4.78 is 0. The van der Waals surface area contributed by atoms with Gasteiger partial charge < -0.3 is 22.9 Å². The lowest BCUT2D eigenvalue weighted by Crippen LogP contribution is -2.50. The Balaban J connectivity index is 0. The molecule has 1 rings (SSSR count). The fourth-order valence-corrected chi connectivity index (χ4v) is 3.81. The van der Waals surface area contributed by atoms with E-state index in [0.29, 0.717) is 29.0 Å². The van der Waals surface area contributed by atoms with E-state index in [1.54, 1.807) is 0 Å². The molecule has 0 spiro atoms. The van der Waals surface area contributed by atoms with Gasteiger partial charge in [0.2, 0.25) is 0 Å². The predicted octanol–water partition coefficient (Wildman–Crippen LogP) is 3.89. The topological polar surface area (TPSA) is 94.1 Å². The molecule has 0 aliphatic heterocycles. The normalized spacial score (nSPS) is 28.9. The summed E-state index contributed by atoms with van der Waals surface area (Å²) in [6.45, 7) is 17.4. The second kappa shape index (κ2) is 8.32. The van der Waals surface area contributed by atoms with Crippen LogP contribution in [-0.4, -0.2) is 24.7 Å². The van der Waals surface area contributed by atoms with E-state index < -0.39 is 0 Å². The first kappa shape index (κ1) is 22.1. The molecule has 124 valence electrons. The zero-order chi connectivity index (χ0) is 14.0. The van der Waals surface area contributed by atoms with Crippen molar-refractivity contribution in [1.29, 1.82) is 0 Å². The van der Waals surface area contributed by atoms with E-state index >= 15 is 0 Å². The number of hydrogen-bond donors (Lipinski definition) is 4. The Kier molecular flexibility index (Phi) is 9.21. The fraction of sp³-hybridized carbons (Fsp3) is 1.00. The van der Waals surface area contributed by atoms with Crippen LogP contribution in [0.15, 0.2) is 0 Å². The van der Waals surface area contributed by atoms with Gasteiger partial charge in [-0.05, 0) is 30.1 Å². The molecule has 2 unspecified atom stereocenters. The third kappa shape index (κ3) is 7.58. The van der Waals surface area contributed by atoms with Crippen LogP contribution in [0, 0.1) is 10.8 Å². The maximum Gasteiger partial charge on any atom is 0.00801 e. The van der Waals surface area contributed by atoms with Crippen molar-refractivity contribution in [1.82, 2.24) is 22.9 Å². The molecule has 2 atom stereocenters. The van der Waals surface area contributed by atoms with E-state index in [4.69, 9.17) is 0 Å². The van der Waals surface area contributed by atoms with E-state index in [2.05, 4.69) is 59.1 Å². The highest BCUT2D eigenvalue weighted by molar-refractivity contribution is 4.95. The van der Waals surface area contributed by atoms with E-state index in [0.717, 1.165) is 6.54 Å². The minimum atomic E-state index is 0. The first-order valence-electron chi connectivity index (χ1n) is 7.61. The van der Waals surface area contributed by atoms with Crippen LogP contribution < -0.4 is 22.9 Å². The highest BCUT2D eigenvalue weighted by Crippen LogP contribution is 2.45. The van der Waals surface area contributed by atoms with Crippen molar-refractivity contribution in [3.8, 4) is 0 Å².